The van der Waals surface area contributed by atoms with Crippen LogP contribution in [0.4, 0.5) is 18.9 Å². The maximum atomic E-state index is 12.2. The molecule has 4 nitrogen and oxygen atoms in total. The third-order valence-corrected chi connectivity index (χ3v) is 1.86. The summed E-state index contributed by atoms with van der Waals surface area (Å²) in [5, 5.41) is 10.5. The number of nitrogens with one attached hydrogen (secondary N) is 1. The quantitative estimate of drug-likeness (QED) is 0.818. The van der Waals surface area contributed by atoms with Gasteiger partial charge in [0.05, 0.1) is 5.56 Å². The molecule has 1 amide bonds. The minimum absolute atomic E-state index is 0.142. The standard InChI is InChI=1S/C11H8F3NO3/c12-11(13,14)7-1-3-8(4-2-7)15-9(16)5-6-10(17)18/h1-6H,(H,15,16)(H,17,18)/b6-5+. The van der Waals surface area contributed by atoms with Crippen LogP contribution >= 0.6 is 0 Å². The molecule has 1 aromatic rings. The Morgan fingerprint density at radius 1 is 1.11 bits per heavy atom. The number of carbonyl (C=O) groups is 2. The number of carboxylic acids is 1. The number of alkyl halides is 3. The van der Waals surface area contributed by atoms with Crippen LogP contribution in [-0.2, 0) is 15.8 Å². The Labute approximate surface area is 99.7 Å². The number of carbonyl (C=O) groups excluding carboxylic acids is 1. The summed E-state index contributed by atoms with van der Waals surface area (Å²) in [6.07, 6.45) is -3.05. The zero-order valence-electron chi connectivity index (χ0n) is 8.86. The summed E-state index contributed by atoms with van der Waals surface area (Å²) in [5.41, 5.74) is -0.690. The molecule has 0 aliphatic rings. The summed E-state index contributed by atoms with van der Waals surface area (Å²) < 4.78 is 36.7. The molecule has 0 spiro atoms. The molecule has 0 saturated heterocycles. The Kier molecular flexibility index (Phi) is 4.09. The fraction of sp³-hybridized carbons (Fsp3) is 0.0909. The molecule has 0 atom stereocenters. The van der Waals surface area contributed by atoms with Crippen LogP contribution in [0.2, 0.25) is 0 Å². The Morgan fingerprint density at radius 3 is 2.11 bits per heavy atom. The van der Waals surface area contributed by atoms with E-state index in [2.05, 4.69) is 5.32 Å². The number of amides is 1. The molecule has 0 bridgehead atoms. The van der Waals surface area contributed by atoms with Crippen molar-refractivity contribution in [3.8, 4) is 0 Å². The number of anilines is 1. The first kappa shape index (κ1) is 13.8. The van der Waals surface area contributed by atoms with Gasteiger partial charge >= 0.3 is 12.1 Å². The van der Waals surface area contributed by atoms with E-state index in [0.717, 1.165) is 30.3 Å². The van der Waals surface area contributed by atoms with Crippen LogP contribution in [0.15, 0.2) is 36.4 Å². The van der Waals surface area contributed by atoms with Crippen LogP contribution < -0.4 is 5.32 Å². The zero-order chi connectivity index (χ0) is 13.8. The van der Waals surface area contributed by atoms with Gasteiger partial charge in [-0.15, -0.1) is 0 Å². The second-order valence-corrected chi connectivity index (χ2v) is 3.24. The Balaban J connectivity index is 2.70. The van der Waals surface area contributed by atoms with E-state index in [9.17, 15) is 22.8 Å². The molecule has 0 fully saturated rings. The summed E-state index contributed by atoms with van der Waals surface area (Å²) in [5.74, 6) is -2.03. The van der Waals surface area contributed by atoms with Gasteiger partial charge in [-0.1, -0.05) is 0 Å². The maximum absolute atomic E-state index is 12.2. The lowest BCUT2D eigenvalue weighted by molar-refractivity contribution is -0.137. The third-order valence-electron chi connectivity index (χ3n) is 1.86. The lowest BCUT2D eigenvalue weighted by atomic mass is 10.2. The lowest BCUT2D eigenvalue weighted by Gasteiger charge is -2.07. The second kappa shape index (κ2) is 5.35. The van der Waals surface area contributed by atoms with Gasteiger partial charge in [0, 0.05) is 17.8 Å². The summed E-state index contributed by atoms with van der Waals surface area (Å²) in [6.45, 7) is 0. The van der Waals surface area contributed by atoms with E-state index < -0.39 is 23.6 Å². The largest absolute Gasteiger partial charge is 0.478 e. The highest BCUT2D eigenvalue weighted by Gasteiger charge is 2.29. The van der Waals surface area contributed by atoms with Gasteiger partial charge in [0.1, 0.15) is 0 Å². The van der Waals surface area contributed by atoms with Crippen LogP contribution in [0.5, 0.6) is 0 Å². The van der Waals surface area contributed by atoms with Gasteiger partial charge in [-0.2, -0.15) is 13.2 Å². The smallest absolute Gasteiger partial charge is 0.416 e. The summed E-state index contributed by atoms with van der Waals surface area (Å²) in [6, 6.07) is 3.79. The molecule has 7 heteroatoms. The van der Waals surface area contributed by atoms with Gasteiger partial charge in [-0.25, -0.2) is 4.79 Å². The van der Waals surface area contributed by atoms with Crippen molar-refractivity contribution in [1.29, 1.82) is 0 Å². The van der Waals surface area contributed by atoms with E-state index in [-0.39, 0.29) is 5.69 Å². The van der Waals surface area contributed by atoms with Crippen molar-refractivity contribution in [2.24, 2.45) is 0 Å². The van der Waals surface area contributed by atoms with E-state index in [1.54, 1.807) is 0 Å². The van der Waals surface area contributed by atoms with E-state index in [1.807, 2.05) is 0 Å². The second-order valence-electron chi connectivity index (χ2n) is 3.24. The monoisotopic (exact) mass is 259 g/mol. The molecule has 0 saturated carbocycles. The topological polar surface area (TPSA) is 66.4 Å². The molecule has 1 aromatic carbocycles. The Bertz CT molecular complexity index is 477. The predicted molar refractivity (Wildman–Crippen MR) is 56.8 cm³/mol. The minimum Gasteiger partial charge on any atom is -0.478 e. The number of benzene rings is 1. The molecule has 0 unspecified atom stereocenters. The molecule has 0 heterocycles. The van der Waals surface area contributed by atoms with Gasteiger partial charge in [0.25, 0.3) is 0 Å². The normalized spacial score (nSPS) is 11.5. The van der Waals surface area contributed by atoms with Crippen LogP contribution in [0.1, 0.15) is 5.56 Å². The number of hydrogen-bond acceptors (Lipinski definition) is 2. The van der Waals surface area contributed by atoms with Crippen molar-refractivity contribution in [3.05, 3.63) is 42.0 Å². The first-order valence-corrected chi connectivity index (χ1v) is 4.68. The molecule has 0 aromatic heterocycles. The number of hydrogen-bond donors (Lipinski definition) is 2. The lowest BCUT2D eigenvalue weighted by Crippen LogP contribution is -2.09. The number of carboxylic acid groups (broad SMARTS) is 1. The van der Waals surface area contributed by atoms with E-state index in [4.69, 9.17) is 5.11 Å². The van der Waals surface area contributed by atoms with Crippen molar-refractivity contribution in [2.75, 3.05) is 5.32 Å². The molecular formula is C11H8F3NO3. The predicted octanol–water partition coefficient (Wildman–Crippen LogP) is 2.28. The van der Waals surface area contributed by atoms with E-state index in [0.29, 0.717) is 6.08 Å². The van der Waals surface area contributed by atoms with Gasteiger partial charge < -0.3 is 10.4 Å². The van der Waals surface area contributed by atoms with Crippen molar-refractivity contribution in [1.82, 2.24) is 0 Å². The average molecular weight is 259 g/mol. The molecular weight excluding hydrogens is 251 g/mol. The van der Waals surface area contributed by atoms with Crippen molar-refractivity contribution >= 4 is 17.6 Å². The first-order chi connectivity index (χ1) is 8.29. The molecule has 1 rings (SSSR count). The molecule has 0 aliphatic heterocycles. The number of rotatable bonds is 3. The highest BCUT2D eigenvalue weighted by atomic mass is 19.4. The van der Waals surface area contributed by atoms with Gasteiger partial charge in [0.2, 0.25) is 5.91 Å². The molecule has 0 aliphatic carbocycles. The maximum Gasteiger partial charge on any atom is 0.416 e. The summed E-state index contributed by atoms with van der Waals surface area (Å²) >= 11 is 0. The average Bonchev–Trinajstić information content (AvgIpc) is 2.26. The van der Waals surface area contributed by atoms with Crippen LogP contribution in [-0.4, -0.2) is 17.0 Å². The Morgan fingerprint density at radius 2 is 1.67 bits per heavy atom. The van der Waals surface area contributed by atoms with E-state index >= 15 is 0 Å². The van der Waals surface area contributed by atoms with Gasteiger partial charge in [-0.05, 0) is 24.3 Å². The van der Waals surface area contributed by atoms with Crippen LogP contribution in [0.3, 0.4) is 0 Å². The highest BCUT2D eigenvalue weighted by molar-refractivity contribution is 6.02. The van der Waals surface area contributed by atoms with Crippen molar-refractivity contribution < 1.29 is 27.9 Å². The fourth-order valence-corrected chi connectivity index (χ4v) is 1.07. The Hall–Kier alpha value is -2.31. The molecule has 0 radical (unpaired) electrons. The van der Waals surface area contributed by atoms with Crippen LogP contribution in [0, 0.1) is 0 Å². The highest BCUT2D eigenvalue weighted by Crippen LogP contribution is 2.29. The van der Waals surface area contributed by atoms with Crippen molar-refractivity contribution in [3.63, 3.8) is 0 Å². The summed E-state index contributed by atoms with van der Waals surface area (Å²) in [7, 11) is 0. The van der Waals surface area contributed by atoms with Gasteiger partial charge in [0.15, 0.2) is 0 Å². The third kappa shape index (κ3) is 4.28. The fourth-order valence-electron chi connectivity index (χ4n) is 1.07. The minimum atomic E-state index is -4.44. The SMILES string of the molecule is O=C(O)/C=C/C(=O)Nc1ccc(C(F)(F)F)cc1. The zero-order valence-corrected chi connectivity index (χ0v) is 8.86. The first-order valence-electron chi connectivity index (χ1n) is 4.68. The molecule has 2 N–H and O–H groups in total. The van der Waals surface area contributed by atoms with Gasteiger partial charge in [-0.3, -0.25) is 4.79 Å². The molecule has 96 valence electrons. The number of halogens is 3. The molecule has 18 heavy (non-hydrogen) atoms. The van der Waals surface area contributed by atoms with E-state index in [1.165, 1.54) is 0 Å². The summed E-state index contributed by atoms with van der Waals surface area (Å²) in [4.78, 5) is 21.2. The van der Waals surface area contributed by atoms with Crippen LogP contribution in [0.25, 0.3) is 0 Å². The van der Waals surface area contributed by atoms with Crippen molar-refractivity contribution in [2.45, 2.75) is 6.18 Å². The number of aliphatic carboxylic acids is 1.